The van der Waals surface area contributed by atoms with Crippen LogP contribution in [0.4, 0.5) is 5.69 Å². The lowest BCUT2D eigenvalue weighted by Crippen LogP contribution is -2.29. The lowest BCUT2D eigenvalue weighted by atomic mass is 9.86. The second-order valence-corrected chi connectivity index (χ2v) is 6.21. The van der Waals surface area contributed by atoms with E-state index in [1.807, 2.05) is 36.4 Å². The van der Waals surface area contributed by atoms with E-state index in [0.717, 1.165) is 42.7 Å². The molecule has 0 saturated heterocycles. The van der Waals surface area contributed by atoms with Crippen molar-refractivity contribution < 1.29 is 14.6 Å². The molecule has 5 nitrogen and oxygen atoms in total. The first-order chi connectivity index (χ1) is 11.7. The molecule has 1 aromatic heterocycles. The first-order valence-electron chi connectivity index (χ1n) is 8.32. The van der Waals surface area contributed by atoms with Crippen LogP contribution in [0, 0.1) is 5.92 Å². The summed E-state index contributed by atoms with van der Waals surface area (Å²) in [6.45, 7) is 0.487. The molecule has 0 unspecified atom stereocenters. The van der Waals surface area contributed by atoms with E-state index in [2.05, 4.69) is 10.3 Å². The van der Waals surface area contributed by atoms with Gasteiger partial charge in [-0.15, -0.1) is 0 Å². The SMILES string of the molecule is O=C(O)C1CCC(Nc2cccc(OCc3cccnc3)c2)CC1. The number of nitrogens with one attached hydrogen (secondary N) is 1. The molecule has 24 heavy (non-hydrogen) atoms. The van der Waals surface area contributed by atoms with Crippen molar-refractivity contribution in [2.75, 3.05) is 5.32 Å². The molecule has 1 fully saturated rings. The molecule has 1 aromatic carbocycles. The summed E-state index contributed by atoms with van der Waals surface area (Å²) in [5.41, 5.74) is 2.04. The molecule has 0 bridgehead atoms. The molecule has 0 spiro atoms. The minimum atomic E-state index is -0.667. The van der Waals surface area contributed by atoms with Gasteiger partial charge in [-0.05, 0) is 43.9 Å². The third kappa shape index (κ3) is 4.47. The van der Waals surface area contributed by atoms with Crippen LogP contribution in [0.3, 0.4) is 0 Å². The van der Waals surface area contributed by atoms with Crippen molar-refractivity contribution in [3.8, 4) is 5.75 Å². The molecule has 0 radical (unpaired) electrons. The van der Waals surface area contributed by atoms with Crippen LogP contribution in [0.5, 0.6) is 5.75 Å². The monoisotopic (exact) mass is 326 g/mol. The van der Waals surface area contributed by atoms with Gasteiger partial charge in [0, 0.05) is 35.8 Å². The lowest BCUT2D eigenvalue weighted by Gasteiger charge is -2.27. The van der Waals surface area contributed by atoms with E-state index in [4.69, 9.17) is 9.84 Å². The van der Waals surface area contributed by atoms with Gasteiger partial charge in [0.2, 0.25) is 0 Å². The summed E-state index contributed by atoms with van der Waals surface area (Å²) in [5, 5.41) is 12.6. The Hall–Kier alpha value is -2.56. The molecule has 1 heterocycles. The van der Waals surface area contributed by atoms with Crippen molar-refractivity contribution in [2.45, 2.75) is 38.3 Å². The predicted molar refractivity (Wildman–Crippen MR) is 92.0 cm³/mol. The quantitative estimate of drug-likeness (QED) is 0.846. The number of carboxylic acids is 1. The van der Waals surface area contributed by atoms with Gasteiger partial charge in [0.05, 0.1) is 5.92 Å². The van der Waals surface area contributed by atoms with Gasteiger partial charge in [0.15, 0.2) is 0 Å². The summed E-state index contributed by atoms with van der Waals surface area (Å²) in [6, 6.07) is 12.1. The average molecular weight is 326 g/mol. The van der Waals surface area contributed by atoms with Crippen LogP contribution >= 0.6 is 0 Å². The first-order valence-corrected chi connectivity index (χ1v) is 8.32. The summed E-state index contributed by atoms with van der Waals surface area (Å²) in [6.07, 6.45) is 6.79. The van der Waals surface area contributed by atoms with Crippen LogP contribution in [-0.4, -0.2) is 22.1 Å². The number of benzene rings is 1. The van der Waals surface area contributed by atoms with Gasteiger partial charge in [-0.2, -0.15) is 0 Å². The van der Waals surface area contributed by atoms with Gasteiger partial charge in [0.25, 0.3) is 0 Å². The van der Waals surface area contributed by atoms with Crippen LogP contribution in [0.1, 0.15) is 31.2 Å². The van der Waals surface area contributed by atoms with E-state index < -0.39 is 5.97 Å². The molecule has 1 aliphatic rings. The zero-order valence-corrected chi connectivity index (χ0v) is 13.5. The van der Waals surface area contributed by atoms with Crippen LogP contribution < -0.4 is 10.1 Å². The smallest absolute Gasteiger partial charge is 0.306 e. The minimum absolute atomic E-state index is 0.183. The number of carboxylic acid groups (broad SMARTS) is 1. The maximum atomic E-state index is 11.0. The Kier molecular flexibility index (Phi) is 5.31. The second kappa shape index (κ2) is 7.81. The van der Waals surface area contributed by atoms with Crippen LogP contribution in [0.2, 0.25) is 0 Å². The maximum absolute atomic E-state index is 11.0. The van der Waals surface area contributed by atoms with E-state index in [1.54, 1.807) is 12.4 Å². The topological polar surface area (TPSA) is 71.5 Å². The summed E-state index contributed by atoms with van der Waals surface area (Å²) in [5.74, 6) is -0.0421. The van der Waals surface area contributed by atoms with Crippen molar-refractivity contribution in [2.24, 2.45) is 5.92 Å². The molecule has 2 aromatic rings. The number of anilines is 1. The Morgan fingerprint density at radius 3 is 2.75 bits per heavy atom. The molecule has 0 amide bonds. The fraction of sp³-hybridized carbons (Fsp3) is 0.368. The Morgan fingerprint density at radius 1 is 1.21 bits per heavy atom. The highest BCUT2D eigenvalue weighted by Gasteiger charge is 2.25. The average Bonchev–Trinajstić information content (AvgIpc) is 2.62. The van der Waals surface area contributed by atoms with Crippen molar-refractivity contribution >= 4 is 11.7 Å². The van der Waals surface area contributed by atoms with E-state index in [-0.39, 0.29) is 5.92 Å². The number of pyridine rings is 1. The fourth-order valence-electron chi connectivity index (χ4n) is 3.05. The third-order valence-corrected chi connectivity index (χ3v) is 4.41. The predicted octanol–water partition coefficient (Wildman–Crippen LogP) is 3.72. The van der Waals surface area contributed by atoms with Crippen molar-refractivity contribution in [3.05, 3.63) is 54.4 Å². The molecule has 1 aliphatic carbocycles. The Bertz CT molecular complexity index is 667. The first kappa shape index (κ1) is 16.3. The zero-order valence-electron chi connectivity index (χ0n) is 13.5. The molecular weight excluding hydrogens is 304 g/mol. The van der Waals surface area contributed by atoms with Crippen molar-refractivity contribution in [1.29, 1.82) is 0 Å². The van der Waals surface area contributed by atoms with E-state index in [9.17, 15) is 4.79 Å². The maximum Gasteiger partial charge on any atom is 0.306 e. The van der Waals surface area contributed by atoms with Crippen LogP contribution in [-0.2, 0) is 11.4 Å². The Morgan fingerprint density at radius 2 is 2.04 bits per heavy atom. The van der Waals surface area contributed by atoms with Crippen LogP contribution in [0.25, 0.3) is 0 Å². The summed E-state index contributed by atoms with van der Waals surface area (Å²) < 4.78 is 5.81. The molecule has 0 aliphatic heterocycles. The van der Waals surface area contributed by atoms with Gasteiger partial charge < -0.3 is 15.2 Å². The van der Waals surface area contributed by atoms with Crippen molar-refractivity contribution in [3.63, 3.8) is 0 Å². The summed E-state index contributed by atoms with van der Waals surface area (Å²) in [7, 11) is 0. The second-order valence-electron chi connectivity index (χ2n) is 6.21. The molecule has 2 N–H and O–H groups in total. The van der Waals surface area contributed by atoms with Crippen molar-refractivity contribution in [1.82, 2.24) is 4.98 Å². The Labute approximate surface area is 141 Å². The largest absolute Gasteiger partial charge is 0.489 e. The molecule has 1 saturated carbocycles. The number of carbonyl (C=O) groups is 1. The highest BCUT2D eigenvalue weighted by molar-refractivity contribution is 5.70. The Balaban J connectivity index is 1.53. The van der Waals surface area contributed by atoms with Gasteiger partial charge in [-0.25, -0.2) is 0 Å². The highest BCUT2D eigenvalue weighted by Crippen LogP contribution is 2.28. The summed E-state index contributed by atoms with van der Waals surface area (Å²) in [4.78, 5) is 15.1. The number of hydrogen-bond acceptors (Lipinski definition) is 4. The van der Waals surface area contributed by atoms with Gasteiger partial charge in [-0.1, -0.05) is 12.1 Å². The molecule has 126 valence electrons. The number of aromatic nitrogens is 1. The molecule has 0 atom stereocenters. The van der Waals surface area contributed by atoms with E-state index >= 15 is 0 Å². The lowest BCUT2D eigenvalue weighted by molar-refractivity contribution is -0.142. The number of hydrogen-bond donors (Lipinski definition) is 2. The number of aliphatic carboxylic acids is 1. The normalized spacial score (nSPS) is 20.3. The van der Waals surface area contributed by atoms with Crippen LogP contribution in [0.15, 0.2) is 48.8 Å². The fourth-order valence-corrected chi connectivity index (χ4v) is 3.05. The third-order valence-electron chi connectivity index (χ3n) is 4.41. The van der Waals surface area contributed by atoms with Gasteiger partial charge >= 0.3 is 5.97 Å². The van der Waals surface area contributed by atoms with Gasteiger partial charge in [-0.3, -0.25) is 9.78 Å². The molecular formula is C19H22N2O3. The highest BCUT2D eigenvalue weighted by atomic mass is 16.5. The number of rotatable bonds is 6. The molecule has 3 rings (SSSR count). The van der Waals surface area contributed by atoms with E-state index in [1.165, 1.54) is 0 Å². The zero-order chi connectivity index (χ0) is 16.8. The standard InChI is InChI=1S/C19H22N2O3/c22-19(23)15-6-8-16(9-7-15)21-17-4-1-5-18(11-17)24-13-14-3-2-10-20-12-14/h1-5,10-12,15-16,21H,6-9,13H2,(H,22,23). The minimum Gasteiger partial charge on any atom is -0.489 e. The van der Waals surface area contributed by atoms with E-state index in [0.29, 0.717) is 12.6 Å². The number of ether oxygens (including phenoxy) is 1. The summed E-state index contributed by atoms with van der Waals surface area (Å²) >= 11 is 0. The van der Waals surface area contributed by atoms with Gasteiger partial charge in [0.1, 0.15) is 12.4 Å². The number of nitrogens with zero attached hydrogens (tertiary/aromatic N) is 1. The molecule has 5 heteroatoms.